The number of thiazole rings is 1. The third kappa shape index (κ3) is 3.18. The predicted octanol–water partition coefficient (Wildman–Crippen LogP) is 1.16. The molecule has 0 saturated carbocycles. The lowest BCUT2D eigenvalue weighted by Crippen LogP contribution is -2.48. The maximum Gasteiger partial charge on any atom is 0.211 e. The fourth-order valence-corrected chi connectivity index (χ4v) is 4.09. The Balaban J connectivity index is 2.13. The summed E-state index contributed by atoms with van der Waals surface area (Å²) in [5.41, 5.74) is 0.825. The number of nitrogens with zero attached hydrogens (tertiary/aromatic N) is 3. The SMILES string of the molecule is CC(C)c1nc(N2CCN(S(C)(=O)=O)CC2)sc1C=O. The van der Waals surface area contributed by atoms with E-state index in [1.807, 2.05) is 18.7 Å². The smallest absolute Gasteiger partial charge is 0.211 e. The summed E-state index contributed by atoms with van der Waals surface area (Å²) in [5.74, 6) is 0.206. The van der Waals surface area contributed by atoms with Crippen molar-refractivity contribution in [1.82, 2.24) is 9.29 Å². The van der Waals surface area contributed by atoms with Crippen molar-refractivity contribution in [1.29, 1.82) is 0 Å². The number of carbonyl (C=O) groups is 1. The maximum atomic E-state index is 11.5. The molecule has 0 unspecified atom stereocenters. The van der Waals surface area contributed by atoms with Crippen molar-refractivity contribution in [2.75, 3.05) is 37.3 Å². The van der Waals surface area contributed by atoms with E-state index in [1.165, 1.54) is 21.9 Å². The molecule has 1 aromatic heterocycles. The molecule has 0 atom stereocenters. The minimum absolute atomic E-state index is 0.206. The third-order valence-electron chi connectivity index (χ3n) is 3.30. The summed E-state index contributed by atoms with van der Waals surface area (Å²) < 4.78 is 24.4. The highest BCUT2D eigenvalue weighted by atomic mass is 32.2. The van der Waals surface area contributed by atoms with Crippen LogP contribution in [0.1, 0.15) is 35.1 Å². The van der Waals surface area contributed by atoms with Gasteiger partial charge in [0.05, 0.1) is 16.8 Å². The molecule has 0 spiro atoms. The molecule has 0 radical (unpaired) electrons. The van der Waals surface area contributed by atoms with Crippen LogP contribution in [-0.4, -0.2) is 56.4 Å². The Morgan fingerprint density at radius 3 is 2.25 bits per heavy atom. The molecule has 1 fully saturated rings. The van der Waals surface area contributed by atoms with Gasteiger partial charge in [0, 0.05) is 26.2 Å². The quantitative estimate of drug-likeness (QED) is 0.779. The summed E-state index contributed by atoms with van der Waals surface area (Å²) in [4.78, 5) is 18.3. The molecule has 0 aromatic carbocycles. The molecule has 0 N–H and O–H groups in total. The topological polar surface area (TPSA) is 70.6 Å². The molecule has 2 heterocycles. The lowest BCUT2D eigenvalue weighted by atomic mass is 10.1. The first-order valence-corrected chi connectivity index (χ1v) is 9.15. The van der Waals surface area contributed by atoms with Crippen molar-refractivity contribution < 1.29 is 13.2 Å². The molecule has 1 saturated heterocycles. The van der Waals surface area contributed by atoms with Gasteiger partial charge in [0.1, 0.15) is 0 Å². The first kappa shape index (κ1) is 15.4. The molecule has 1 aliphatic rings. The fourth-order valence-electron chi connectivity index (χ4n) is 2.18. The van der Waals surface area contributed by atoms with E-state index in [0.29, 0.717) is 31.1 Å². The molecule has 1 aromatic rings. The molecule has 1 aliphatic heterocycles. The molecule has 20 heavy (non-hydrogen) atoms. The number of hydrogen-bond donors (Lipinski definition) is 0. The van der Waals surface area contributed by atoms with Crippen LogP contribution in [0, 0.1) is 0 Å². The Labute approximate surface area is 123 Å². The fraction of sp³-hybridized carbons (Fsp3) is 0.667. The second kappa shape index (κ2) is 5.79. The maximum absolute atomic E-state index is 11.5. The number of sulfonamides is 1. The number of piperazine rings is 1. The van der Waals surface area contributed by atoms with Crippen LogP contribution in [0.4, 0.5) is 5.13 Å². The highest BCUT2D eigenvalue weighted by Gasteiger charge is 2.26. The lowest BCUT2D eigenvalue weighted by molar-refractivity contribution is 0.112. The van der Waals surface area contributed by atoms with Crippen LogP contribution in [0.25, 0.3) is 0 Å². The van der Waals surface area contributed by atoms with Crippen molar-refractivity contribution in [2.24, 2.45) is 0 Å². The third-order valence-corrected chi connectivity index (χ3v) is 5.66. The lowest BCUT2D eigenvalue weighted by Gasteiger charge is -2.32. The summed E-state index contributed by atoms with van der Waals surface area (Å²) in [7, 11) is -3.12. The van der Waals surface area contributed by atoms with Gasteiger partial charge in [-0.15, -0.1) is 0 Å². The van der Waals surface area contributed by atoms with Crippen LogP contribution in [0.15, 0.2) is 0 Å². The monoisotopic (exact) mass is 317 g/mol. The molecule has 0 bridgehead atoms. The largest absolute Gasteiger partial charge is 0.345 e. The van der Waals surface area contributed by atoms with Crippen molar-refractivity contribution in [3.8, 4) is 0 Å². The first-order chi connectivity index (χ1) is 9.32. The zero-order valence-corrected chi connectivity index (χ0v) is 13.5. The molecule has 0 amide bonds. The zero-order chi connectivity index (χ0) is 14.9. The Bertz CT molecular complexity index is 587. The average molecular weight is 317 g/mol. The Hall–Kier alpha value is -0.990. The number of rotatable bonds is 4. The van der Waals surface area contributed by atoms with E-state index in [-0.39, 0.29) is 5.92 Å². The van der Waals surface area contributed by atoms with E-state index in [4.69, 9.17) is 0 Å². The molecular weight excluding hydrogens is 298 g/mol. The molecular formula is C12H19N3O3S2. The molecule has 8 heteroatoms. The molecule has 0 aliphatic carbocycles. The number of aromatic nitrogens is 1. The number of carbonyl (C=O) groups excluding carboxylic acids is 1. The summed E-state index contributed by atoms with van der Waals surface area (Å²) in [6.45, 7) is 6.16. The Morgan fingerprint density at radius 2 is 1.85 bits per heavy atom. The van der Waals surface area contributed by atoms with Gasteiger partial charge in [0.25, 0.3) is 0 Å². The van der Waals surface area contributed by atoms with Crippen molar-refractivity contribution in [2.45, 2.75) is 19.8 Å². The van der Waals surface area contributed by atoms with Crippen LogP contribution in [-0.2, 0) is 10.0 Å². The van der Waals surface area contributed by atoms with E-state index < -0.39 is 10.0 Å². The summed E-state index contributed by atoms with van der Waals surface area (Å²) in [6, 6.07) is 0. The van der Waals surface area contributed by atoms with Crippen LogP contribution < -0.4 is 4.90 Å². The van der Waals surface area contributed by atoms with Gasteiger partial charge >= 0.3 is 0 Å². The van der Waals surface area contributed by atoms with Gasteiger partial charge < -0.3 is 4.90 Å². The highest BCUT2D eigenvalue weighted by Crippen LogP contribution is 2.30. The van der Waals surface area contributed by atoms with Gasteiger partial charge in [-0.25, -0.2) is 13.4 Å². The number of aldehydes is 1. The second-order valence-corrected chi connectivity index (χ2v) is 8.16. The molecule has 2 rings (SSSR count). The van der Waals surface area contributed by atoms with Crippen LogP contribution in [0.5, 0.6) is 0 Å². The predicted molar refractivity (Wildman–Crippen MR) is 80.2 cm³/mol. The van der Waals surface area contributed by atoms with Crippen molar-refractivity contribution in [3.05, 3.63) is 10.6 Å². The van der Waals surface area contributed by atoms with Crippen LogP contribution in [0.2, 0.25) is 0 Å². The van der Waals surface area contributed by atoms with Gasteiger partial charge in [0.2, 0.25) is 10.0 Å². The minimum Gasteiger partial charge on any atom is -0.345 e. The van der Waals surface area contributed by atoms with Gasteiger partial charge in [0.15, 0.2) is 11.4 Å². The minimum atomic E-state index is -3.12. The highest BCUT2D eigenvalue weighted by molar-refractivity contribution is 7.88. The summed E-state index contributed by atoms with van der Waals surface area (Å²) in [5, 5.41) is 0.809. The van der Waals surface area contributed by atoms with E-state index in [9.17, 15) is 13.2 Å². The second-order valence-electron chi connectivity index (χ2n) is 5.17. The van der Waals surface area contributed by atoms with Crippen LogP contribution in [0.3, 0.4) is 0 Å². The Morgan fingerprint density at radius 1 is 1.25 bits per heavy atom. The van der Waals surface area contributed by atoms with E-state index >= 15 is 0 Å². The van der Waals surface area contributed by atoms with Crippen molar-refractivity contribution >= 4 is 32.8 Å². The normalized spacial score (nSPS) is 17.7. The van der Waals surface area contributed by atoms with Gasteiger partial charge in [-0.1, -0.05) is 25.2 Å². The average Bonchev–Trinajstić information content (AvgIpc) is 2.82. The zero-order valence-electron chi connectivity index (χ0n) is 11.9. The summed E-state index contributed by atoms with van der Waals surface area (Å²) >= 11 is 1.38. The Kier molecular flexibility index (Phi) is 4.46. The van der Waals surface area contributed by atoms with E-state index in [1.54, 1.807) is 0 Å². The van der Waals surface area contributed by atoms with Gasteiger partial charge in [-0.3, -0.25) is 4.79 Å². The van der Waals surface area contributed by atoms with Crippen molar-refractivity contribution in [3.63, 3.8) is 0 Å². The van der Waals surface area contributed by atoms with E-state index in [0.717, 1.165) is 17.1 Å². The van der Waals surface area contributed by atoms with Gasteiger partial charge in [-0.05, 0) is 5.92 Å². The van der Waals surface area contributed by atoms with Crippen LogP contribution >= 0.6 is 11.3 Å². The number of hydrogen-bond acceptors (Lipinski definition) is 6. The summed E-state index contributed by atoms with van der Waals surface area (Å²) in [6.07, 6.45) is 2.08. The first-order valence-electron chi connectivity index (χ1n) is 6.49. The van der Waals surface area contributed by atoms with Gasteiger partial charge in [-0.2, -0.15) is 4.31 Å². The van der Waals surface area contributed by atoms with E-state index in [2.05, 4.69) is 4.98 Å². The molecule has 112 valence electrons. The number of anilines is 1. The molecule has 6 nitrogen and oxygen atoms in total. The standard InChI is InChI=1S/C12H19N3O3S2/c1-9(2)11-10(8-16)19-12(13-11)14-4-6-15(7-5-14)20(3,17)18/h8-9H,4-7H2,1-3H3.